The van der Waals surface area contributed by atoms with Crippen molar-refractivity contribution in [3.05, 3.63) is 35.2 Å². The molecular formula is C18H24ClIN6O2. The molecule has 8 nitrogen and oxygen atoms in total. The lowest BCUT2D eigenvalue weighted by molar-refractivity contribution is -0.122. The number of aromatic nitrogens is 2. The van der Waals surface area contributed by atoms with Crippen molar-refractivity contribution in [3.63, 3.8) is 0 Å². The van der Waals surface area contributed by atoms with Gasteiger partial charge in [0.15, 0.2) is 5.96 Å². The maximum Gasteiger partial charge on any atom is 0.228 e. The van der Waals surface area contributed by atoms with Crippen LogP contribution in [0.1, 0.15) is 25.7 Å². The summed E-state index contributed by atoms with van der Waals surface area (Å²) in [5.41, 5.74) is 0.854. The Bertz CT molecular complexity index is 786. The monoisotopic (exact) mass is 518 g/mol. The lowest BCUT2D eigenvalue weighted by atomic mass is 10.1. The van der Waals surface area contributed by atoms with Crippen molar-refractivity contribution < 1.29 is 9.32 Å². The third-order valence-corrected chi connectivity index (χ3v) is 4.37. The summed E-state index contributed by atoms with van der Waals surface area (Å²) in [5.74, 6) is 1.89. The van der Waals surface area contributed by atoms with Crippen LogP contribution >= 0.6 is 35.6 Å². The van der Waals surface area contributed by atoms with Gasteiger partial charge in [-0.2, -0.15) is 4.98 Å². The number of nitrogens with zero attached hydrogens (tertiary/aromatic N) is 3. The molecule has 0 radical (unpaired) electrons. The highest BCUT2D eigenvalue weighted by atomic mass is 127. The van der Waals surface area contributed by atoms with Gasteiger partial charge in [0.25, 0.3) is 0 Å². The second kappa shape index (κ2) is 11.2. The van der Waals surface area contributed by atoms with E-state index in [1.54, 1.807) is 12.1 Å². The second-order valence-corrected chi connectivity index (χ2v) is 6.65. The standard InChI is InChI=1S/C18H23ClN6O2.HI/c1-2-20-18(23-14-7-8-15(26)22-11-14)21-10-9-16-24-17(25-27-16)12-3-5-13(19)6-4-12;/h3-6,14H,2,7-11H2,1H3,(H,22,26)(H2,20,21,23);1H. The van der Waals surface area contributed by atoms with Crippen molar-refractivity contribution >= 4 is 47.4 Å². The maximum absolute atomic E-state index is 11.3. The number of piperidine rings is 1. The average Bonchev–Trinajstić information content (AvgIpc) is 3.13. The van der Waals surface area contributed by atoms with E-state index < -0.39 is 0 Å². The molecule has 3 N–H and O–H groups in total. The minimum absolute atomic E-state index is 0. The lowest BCUT2D eigenvalue weighted by Crippen LogP contribution is -2.51. The summed E-state index contributed by atoms with van der Waals surface area (Å²) in [6.45, 7) is 3.89. The molecule has 1 aliphatic rings. The van der Waals surface area contributed by atoms with Crippen molar-refractivity contribution in [1.82, 2.24) is 26.1 Å². The predicted molar refractivity (Wildman–Crippen MR) is 119 cm³/mol. The van der Waals surface area contributed by atoms with E-state index in [2.05, 4.69) is 31.1 Å². The molecule has 0 saturated carbocycles. The summed E-state index contributed by atoms with van der Waals surface area (Å²) in [4.78, 5) is 20.2. The van der Waals surface area contributed by atoms with Gasteiger partial charge in [-0.05, 0) is 37.6 Å². The first-order chi connectivity index (χ1) is 13.1. The number of hydrogen-bond acceptors (Lipinski definition) is 5. The van der Waals surface area contributed by atoms with Crippen LogP contribution in [0, 0.1) is 0 Å². The van der Waals surface area contributed by atoms with Gasteiger partial charge < -0.3 is 20.5 Å². The smallest absolute Gasteiger partial charge is 0.228 e. The van der Waals surface area contributed by atoms with E-state index in [0.717, 1.165) is 24.5 Å². The molecular weight excluding hydrogens is 495 g/mol. The van der Waals surface area contributed by atoms with E-state index in [1.165, 1.54) is 0 Å². The Hall–Kier alpha value is -1.88. The zero-order chi connectivity index (χ0) is 19.1. The predicted octanol–water partition coefficient (Wildman–Crippen LogP) is 2.38. The van der Waals surface area contributed by atoms with E-state index in [0.29, 0.717) is 42.7 Å². The number of amides is 1. The fourth-order valence-electron chi connectivity index (χ4n) is 2.71. The van der Waals surface area contributed by atoms with Gasteiger partial charge in [0.1, 0.15) is 0 Å². The zero-order valence-electron chi connectivity index (χ0n) is 15.6. The van der Waals surface area contributed by atoms with Gasteiger partial charge in [0.2, 0.25) is 17.6 Å². The Morgan fingerprint density at radius 1 is 1.39 bits per heavy atom. The highest BCUT2D eigenvalue weighted by Crippen LogP contribution is 2.18. The highest BCUT2D eigenvalue weighted by Gasteiger charge is 2.18. The molecule has 28 heavy (non-hydrogen) atoms. The molecule has 1 aliphatic heterocycles. The van der Waals surface area contributed by atoms with Crippen LogP contribution in [0.4, 0.5) is 0 Å². The van der Waals surface area contributed by atoms with Crippen LogP contribution in [0.15, 0.2) is 33.8 Å². The molecule has 1 aromatic heterocycles. The molecule has 10 heteroatoms. The van der Waals surface area contributed by atoms with Crippen molar-refractivity contribution in [1.29, 1.82) is 0 Å². The van der Waals surface area contributed by atoms with E-state index in [4.69, 9.17) is 16.1 Å². The molecule has 0 aliphatic carbocycles. The third-order valence-electron chi connectivity index (χ3n) is 4.12. The zero-order valence-corrected chi connectivity index (χ0v) is 18.7. The molecule has 0 bridgehead atoms. The van der Waals surface area contributed by atoms with Crippen LogP contribution in [0.25, 0.3) is 11.4 Å². The van der Waals surface area contributed by atoms with E-state index >= 15 is 0 Å². The summed E-state index contributed by atoms with van der Waals surface area (Å²) in [6, 6.07) is 7.47. The molecule has 3 rings (SSSR count). The Balaban J connectivity index is 0.00000280. The Kier molecular flexibility index (Phi) is 8.97. The quantitative estimate of drug-likeness (QED) is 0.308. The van der Waals surface area contributed by atoms with Gasteiger partial charge >= 0.3 is 0 Å². The summed E-state index contributed by atoms with van der Waals surface area (Å²) in [5, 5.41) is 14.1. The van der Waals surface area contributed by atoms with Gasteiger partial charge in [0, 0.05) is 42.6 Å². The SMILES string of the molecule is CCNC(=NCCc1nc(-c2ccc(Cl)cc2)no1)NC1CCC(=O)NC1.I. The normalized spacial score (nSPS) is 16.9. The summed E-state index contributed by atoms with van der Waals surface area (Å²) >= 11 is 5.89. The molecule has 152 valence electrons. The molecule has 1 atom stereocenters. The Morgan fingerprint density at radius 3 is 2.86 bits per heavy atom. The Morgan fingerprint density at radius 2 is 2.18 bits per heavy atom. The van der Waals surface area contributed by atoms with Crippen LogP contribution in [0.2, 0.25) is 5.02 Å². The van der Waals surface area contributed by atoms with Gasteiger partial charge in [0.05, 0.1) is 6.54 Å². The second-order valence-electron chi connectivity index (χ2n) is 6.21. The molecule has 1 unspecified atom stereocenters. The Labute approximate surface area is 185 Å². The highest BCUT2D eigenvalue weighted by molar-refractivity contribution is 14.0. The van der Waals surface area contributed by atoms with Gasteiger partial charge in [-0.1, -0.05) is 16.8 Å². The number of rotatable bonds is 6. The van der Waals surface area contributed by atoms with Crippen LogP contribution in [-0.2, 0) is 11.2 Å². The third kappa shape index (κ3) is 6.62. The number of nitrogens with one attached hydrogen (secondary N) is 3. The number of carbonyl (C=O) groups excluding carboxylic acids is 1. The minimum Gasteiger partial charge on any atom is -0.357 e. The average molecular weight is 519 g/mol. The number of carbonyl (C=O) groups is 1. The topological polar surface area (TPSA) is 104 Å². The fraction of sp³-hybridized carbons (Fsp3) is 0.444. The molecule has 1 aromatic carbocycles. The van der Waals surface area contributed by atoms with E-state index in [-0.39, 0.29) is 35.9 Å². The van der Waals surface area contributed by atoms with Gasteiger partial charge in [-0.3, -0.25) is 9.79 Å². The fourth-order valence-corrected chi connectivity index (χ4v) is 2.83. The van der Waals surface area contributed by atoms with Gasteiger partial charge in [-0.25, -0.2) is 0 Å². The first kappa shape index (κ1) is 22.4. The molecule has 0 spiro atoms. The summed E-state index contributed by atoms with van der Waals surface area (Å²) in [6.07, 6.45) is 1.87. The number of guanidine groups is 1. The van der Waals surface area contributed by atoms with Crippen molar-refractivity contribution in [2.45, 2.75) is 32.2 Å². The van der Waals surface area contributed by atoms with Crippen molar-refractivity contribution in [3.8, 4) is 11.4 Å². The molecule has 2 heterocycles. The van der Waals surface area contributed by atoms with Crippen LogP contribution in [0.3, 0.4) is 0 Å². The molecule has 1 fully saturated rings. The summed E-state index contributed by atoms with van der Waals surface area (Å²) < 4.78 is 5.30. The maximum atomic E-state index is 11.3. The van der Waals surface area contributed by atoms with Crippen LogP contribution in [0.5, 0.6) is 0 Å². The van der Waals surface area contributed by atoms with E-state index in [9.17, 15) is 4.79 Å². The first-order valence-corrected chi connectivity index (χ1v) is 9.42. The number of aliphatic imine (C=N–C) groups is 1. The first-order valence-electron chi connectivity index (χ1n) is 9.04. The minimum atomic E-state index is 0. The lowest BCUT2D eigenvalue weighted by Gasteiger charge is -2.25. The van der Waals surface area contributed by atoms with Crippen LogP contribution in [-0.4, -0.2) is 47.7 Å². The molecule has 1 saturated heterocycles. The van der Waals surface area contributed by atoms with Crippen molar-refractivity contribution in [2.75, 3.05) is 19.6 Å². The number of halogens is 2. The van der Waals surface area contributed by atoms with Crippen molar-refractivity contribution in [2.24, 2.45) is 4.99 Å². The summed E-state index contributed by atoms with van der Waals surface area (Å²) in [7, 11) is 0. The van der Waals surface area contributed by atoms with Crippen LogP contribution < -0.4 is 16.0 Å². The number of hydrogen-bond donors (Lipinski definition) is 3. The molecule has 1 amide bonds. The van der Waals surface area contributed by atoms with Gasteiger partial charge in [-0.15, -0.1) is 24.0 Å². The molecule has 2 aromatic rings. The number of benzene rings is 1. The van der Waals surface area contributed by atoms with E-state index in [1.807, 2.05) is 19.1 Å². The largest absolute Gasteiger partial charge is 0.357 e.